The molecule has 162 valence electrons. The van der Waals surface area contributed by atoms with Gasteiger partial charge in [0.15, 0.2) is 5.13 Å². The van der Waals surface area contributed by atoms with Gasteiger partial charge in [0.1, 0.15) is 4.88 Å². The Bertz CT molecular complexity index is 1190. The number of carbonyl (C=O) groups excluding carboxylic acids is 2. The number of benzene rings is 2. The van der Waals surface area contributed by atoms with Crippen molar-refractivity contribution in [1.29, 1.82) is 0 Å². The van der Waals surface area contributed by atoms with Gasteiger partial charge in [0.2, 0.25) is 0 Å². The van der Waals surface area contributed by atoms with Crippen LogP contribution in [0, 0.1) is 6.92 Å². The number of hydrogen-bond donors (Lipinski definition) is 1. The van der Waals surface area contributed by atoms with Crippen molar-refractivity contribution in [3.05, 3.63) is 70.7 Å². The number of para-hydroxylation sites is 1. The van der Waals surface area contributed by atoms with Crippen LogP contribution in [0.2, 0.25) is 0 Å². The zero-order valence-electron chi connectivity index (χ0n) is 17.2. The second kappa shape index (κ2) is 9.27. The van der Waals surface area contributed by atoms with Gasteiger partial charge in [0.25, 0.3) is 15.9 Å². The van der Waals surface area contributed by atoms with Crippen molar-refractivity contribution in [3.8, 4) is 0 Å². The van der Waals surface area contributed by atoms with Crippen molar-refractivity contribution in [2.45, 2.75) is 18.7 Å². The highest BCUT2D eigenvalue weighted by atomic mass is 32.2. The van der Waals surface area contributed by atoms with Gasteiger partial charge in [-0.15, -0.1) is 0 Å². The highest BCUT2D eigenvalue weighted by Crippen LogP contribution is 2.25. The number of hydrogen-bond acceptors (Lipinski definition) is 7. The number of aromatic nitrogens is 1. The van der Waals surface area contributed by atoms with E-state index in [4.69, 9.17) is 0 Å². The molecule has 2 aromatic carbocycles. The van der Waals surface area contributed by atoms with Gasteiger partial charge in [-0.3, -0.25) is 14.4 Å². The van der Waals surface area contributed by atoms with Crippen LogP contribution in [0.25, 0.3) is 0 Å². The van der Waals surface area contributed by atoms with Crippen molar-refractivity contribution in [2.75, 3.05) is 23.3 Å². The molecule has 0 atom stereocenters. The number of aryl methyl sites for hydroxylation is 1. The third-order valence-corrected chi connectivity index (χ3v) is 7.39. The van der Waals surface area contributed by atoms with Crippen molar-refractivity contribution in [2.24, 2.45) is 0 Å². The number of thiazole rings is 1. The summed E-state index contributed by atoms with van der Waals surface area (Å²) in [5.41, 5.74) is 1.27. The lowest BCUT2D eigenvalue weighted by molar-refractivity contribution is 0.0605. The topological polar surface area (TPSA) is 106 Å². The summed E-state index contributed by atoms with van der Waals surface area (Å²) in [6.45, 7) is 3.66. The Morgan fingerprint density at radius 1 is 1.10 bits per heavy atom. The maximum atomic E-state index is 13.0. The maximum absolute atomic E-state index is 13.0. The number of nitrogens with one attached hydrogen (secondary N) is 1. The summed E-state index contributed by atoms with van der Waals surface area (Å²) in [7, 11) is -2.51. The zero-order valence-corrected chi connectivity index (χ0v) is 18.8. The van der Waals surface area contributed by atoms with Crippen LogP contribution in [-0.2, 0) is 14.8 Å². The molecule has 0 radical (unpaired) electrons. The summed E-state index contributed by atoms with van der Waals surface area (Å²) in [4.78, 5) is 28.8. The predicted octanol–water partition coefficient (Wildman–Crippen LogP) is 3.71. The fourth-order valence-corrected chi connectivity index (χ4v) is 5.25. The van der Waals surface area contributed by atoms with Crippen LogP contribution in [0.4, 0.5) is 10.8 Å². The number of anilines is 2. The molecular weight excluding hydrogens is 438 g/mol. The number of rotatable bonds is 7. The lowest BCUT2D eigenvalue weighted by Crippen LogP contribution is -2.30. The molecule has 0 aliphatic carbocycles. The first-order chi connectivity index (χ1) is 14.8. The highest BCUT2D eigenvalue weighted by Gasteiger charge is 2.24. The van der Waals surface area contributed by atoms with Gasteiger partial charge in [-0.05, 0) is 50.2 Å². The van der Waals surface area contributed by atoms with E-state index in [9.17, 15) is 18.0 Å². The first kappa shape index (κ1) is 22.4. The molecule has 0 unspecified atom stereocenters. The fourth-order valence-electron chi connectivity index (χ4n) is 2.89. The SMILES string of the molecule is CCN(c1ccccc1)S(=O)(=O)c1ccc(C(=O)Nc2nc(C)c(C(=O)OC)s2)cc1. The molecule has 1 heterocycles. The molecule has 3 rings (SSSR count). The van der Waals surface area contributed by atoms with Gasteiger partial charge < -0.3 is 4.74 Å². The van der Waals surface area contributed by atoms with Crippen molar-refractivity contribution < 1.29 is 22.7 Å². The standard InChI is InChI=1S/C21H21N3O5S2/c1-4-24(16-8-6-5-7-9-16)31(27,28)17-12-10-15(11-13-17)19(25)23-21-22-14(2)18(30-21)20(26)29-3/h5-13H,4H2,1-3H3,(H,22,23,25). The van der Waals surface area contributed by atoms with E-state index in [-0.39, 0.29) is 22.1 Å². The summed E-state index contributed by atoms with van der Waals surface area (Å²) in [6.07, 6.45) is 0. The lowest BCUT2D eigenvalue weighted by Gasteiger charge is -2.22. The highest BCUT2D eigenvalue weighted by molar-refractivity contribution is 7.92. The van der Waals surface area contributed by atoms with E-state index in [2.05, 4.69) is 15.0 Å². The van der Waals surface area contributed by atoms with Crippen molar-refractivity contribution in [1.82, 2.24) is 4.98 Å². The number of methoxy groups -OCH3 is 1. The third kappa shape index (κ3) is 4.75. The fraction of sp³-hybridized carbons (Fsp3) is 0.190. The minimum atomic E-state index is -3.78. The Labute approximate surface area is 184 Å². The summed E-state index contributed by atoms with van der Waals surface area (Å²) in [6, 6.07) is 14.5. The molecule has 0 spiro atoms. The molecule has 0 fully saturated rings. The van der Waals surface area contributed by atoms with E-state index in [0.717, 1.165) is 11.3 Å². The molecule has 0 saturated carbocycles. The molecule has 0 aliphatic heterocycles. The van der Waals surface area contributed by atoms with E-state index < -0.39 is 21.9 Å². The molecule has 10 heteroatoms. The molecule has 8 nitrogen and oxygen atoms in total. The van der Waals surface area contributed by atoms with E-state index in [1.54, 1.807) is 38.1 Å². The third-order valence-electron chi connectivity index (χ3n) is 4.42. The number of carbonyl (C=O) groups is 2. The van der Waals surface area contributed by atoms with Crippen LogP contribution < -0.4 is 9.62 Å². The predicted molar refractivity (Wildman–Crippen MR) is 119 cm³/mol. The lowest BCUT2D eigenvalue weighted by atomic mass is 10.2. The Morgan fingerprint density at radius 2 is 1.74 bits per heavy atom. The quantitative estimate of drug-likeness (QED) is 0.540. The van der Waals surface area contributed by atoms with Crippen molar-refractivity contribution >= 4 is 44.1 Å². The van der Waals surface area contributed by atoms with Crippen LogP contribution in [0.3, 0.4) is 0 Å². The monoisotopic (exact) mass is 459 g/mol. The number of ether oxygens (including phenoxy) is 1. The smallest absolute Gasteiger partial charge is 0.350 e. The summed E-state index contributed by atoms with van der Waals surface area (Å²) < 4.78 is 32.1. The number of sulfonamides is 1. The summed E-state index contributed by atoms with van der Waals surface area (Å²) in [5.74, 6) is -0.992. The van der Waals surface area contributed by atoms with Crippen molar-refractivity contribution in [3.63, 3.8) is 0 Å². The Kier molecular flexibility index (Phi) is 6.71. The molecule has 0 aliphatic rings. The number of nitrogens with zero attached hydrogens (tertiary/aromatic N) is 2. The normalized spacial score (nSPS) is 11.1. The van der Waals surface area contributed by atoms with E-state index >= 15 is 0 Å². The minimum Gasteiger partial charge on any atom is -0.465 e. The van der Waals surface area contributed by atoms with Crippen LogP contribution >= 0.6 is 11.3 Å². The Hall–Kier alpha value is -3.24. The number of amides is 1. The molecule has 1 amide bonds. The van der Waals surface area contributed by atoms with Gasteiger partial charge in [-0.2, -0.15) is 0 Å². The van der Waals surface area contributed by atoms with Crippen LogP contribution in [0.1, 0.15) is 32.6 Å². The van der Waals surface area contributed by atoms with E-state index in [1.807, 2.05) is 6.07 Å². The van der Waals surface area contributed by atoms with Crippen LogP contribution in [0.15, 0.2) is 59.5 Å². The summed E-state index contributed by atoms with van der Waals surface area (Å²) in [5, 5.41) is 2.87. The second-order valence-corrected chi connectivity index (χ2v) is 9.27. The first-order valence-electron chi connectivity index (χ1n) is 9.33. The molecule has 1 aromatic heterocycles. The molecule has 31 heavy (non-hydrogen) atoms. The molecule has 0 saturated heterocycles. The largest absolute Gasteiger partial charge is 0.465 e. The average Bonchev–Trinajstić information content (AvgIpc) is 3.14. The van der Waals surface area contributed by atoms with Gasteiger partial charge in [0, 0.05) is 12.1 Å². The van der Waals surface area contributed by atoms with E-state index in [0.29, 0.717) is 16.3 Å². The van der Waals surface area contributed by atoms with Gasteiger partial charge in [-0.25, -0.2) is 18.2 Å². The van der Waals surface area contributed by atoms with Crippen LogP contribution in [-0.4, -0.2) is 38.9 Å². The van der Waals surface area contributed by atoms with E-state index in [1.165, 1.54) is 35.7 Å². The first-order valence-corrected chi connectivity index (χ1v) is 11.6. The Balaban J connectivity index is 1.79. The molecule has 0 bridgehead atoms. The molecular formula is C21H21N3O5S2. The maximum Gasteiger partial charge on any atom is 0.350 e. The molecule has 1 N–H and O–H groups in total. The minimum absolute atomic E-state index is 0.0767. The zero-order chi connectivity index (χ0) is 22.6. The average molecular weight is 460 g/mol. The second-order valence-electron chi connectivity index (χ2n) is 6.41. The Morgan fingerprint density at radius 3 is 2.32 bits per heavy atom. The van der Waals surface area contributed by atoms with Gasteiger partial charge in [-0.1, -0.05) is 29.5 Å². The number of esters is 1. The molecule has 3 aromatic rings. The van der Waals surface area contributed by atoms with Crippen LogP contribution in [0.5, 0.6) is 0 Å². The van der Waals surface area contributed by atoms with Gasteiger partial charge >= 0.3 is 5.97 Å². The summed E-state index contributed by atoms with van der Waals surface area (Å²) >= 11 is 1.01. The van der Waals surface area contributed by atoms with Gasteiger partial charge in [0.05, 0.1) is 23.4 Å².